The van der Waals surface area contributed by atoms with Crippen molar-refractivity contribution in [1.82, 2.24) is 0 Å². The van der Waals surface area contributed by atoms with Crippen molar-refractivity contribution in [1.29, 1.82) is 0 Å². The predicted molar refractivity (Wildman–Crippen MR) is 114 cm³/mol. The molecule has 0 amide bonds. The predicted octanol–water partition coefficient (Wildman–Crippen LogP) is 6.46. The summed E-state index contributed by atoms with van der Waals surface area (Å²) in [5.74, 6) is -0.577. The summed E-state index contributed by atoms with van der Waals surface area (Å²) in [6.45, 7) is 7.52. The number of ether oxygens (including phenoxy) is 2. The van der Waals surface area contributed by atoms with Gasteiger partial charge in [-0.15, -0.1) is 0 Å². The molecule has 0 aromatic heterocycles. The van der Waals surface area contributed by atoms with Crippen LogP contribution in [0, 0.1) is 17.8 Å². The Morgan fingerprint density at radius 3 is 1.75 bits per heavy atom. The van der Waals surface area contributed by atoms with Gasteiger partial charge in [0, 0.05) is 0 Å². The fraction of sp³-hybridized carbons (Fsp3) is 0.917. The molecule has 1 saturated carbocycles. The summed E-state index contributed by atoms with van der Waals surface area (Å²) >= 11 is 0. The molecule has 1 aliphatic rings. The minimum absolute atomic E-state index is 0.186. The summed E-state index contributed by atoms with van der Waals surface area (Å²) in [7, 11) is 0. The topological polar surface area (TPSA) is 52.6 Å². The van der Waals surface area contributed by atoms with Gasteiger partial charge in [0.2, 0.25) is 0 Å². The van der Waals surface area contributed by atoms with Crippen LogP contribution in [-0.4, -0.2) is 25.2 Å². The molecule has 0 aliphatic heterocycles. The van der Waals surface area contributed by atoms with Crippen LogP contribution < -0.4 is 0 Å². The number of esters is 2. The smallest absolute Gasteiger partial charge is 0.309 e. The Balaban J connectivity index is 2.45. The van der Waals surface area contributed by atoms with E-state index in [0.29, 0.717) is 19.1 Å². The standard InChI is InChI=1S/C24H44O4/c1-4-6-8-10-12-17-27-23(25)21-16-14-15-20(3)19-22(21)24(26)28-18-13-11-9-7-5-2/h20-22H,4-19H2,1-3H3. The summed E-state index contributed by atoms with van der Waals surface area (Å²) in [4.78, 5) is 25.4. The zero-order valence-electron chi connectivity index (χ0n) is 18.7. The van der Waals surface area contributed by atoms with Crippen LogP contribution >= 0.6 is 0 Å². The zero-order chi connectivity index (χ0) is 20.6. The highest BCUT2D eigenvalue weighted by molar-refractivity contribution is 5.82. The Morgan fingerprint density at radius 2 is 1.21 bits per heavy atom. The van der Waals surface area contributed by atoms with Crippen molar-refractivity contribution in [3.8, 4) is 0 Å². The monoisotopic (exact) mass is 396 g/mol. The lowest BCUT2D eigenvalue weighted by Crippen LogP contribution is -2.33. The Bertz CT molecular complexity index is 421. The normalized spacial score (nSPS) is 22.5. The van der Waals surface area contributed by atoms with Crippen LogP contribution in [0.25, 0.3) is 0 Å². The van der Waals surface area contributed by atoms with Crippen molar-refractivity contribution in [2.45, 2.75) is 111 Å². The molecule has 1 rings (SSSR count). The molecule has 4 heteroatoms. The molecule has 164 valence electrons. The molecule has 0 bridgehead atoms. The van der Waals surface area contributed by atoms with Crippen LogP contribution in [0.1, 0.15) is 111 Å². The van der Waals surface area contributed by atoms with Crippen LogP contribution in [0.4, 0.5) is 0 Å². The lowest BCUT2D eigenvalue weighted by molar-refractivity contribution is -0.161. The van der Waals surface area contributed by atoms with Crippen LogP contribution in [0.15, 0.2) is 0 Å². The molecule has 1 fully saturated rings. The maximum absolute atomic E-state index is 12.7. The molecule has 1 aliphatic carbocycles. The van der Waals surface area contributed by atoms with Gasteiger partial charge in [-0.2, -0.15) is 0 Å². The Labute approximate surface area is 173 Å². The molecule has 0 radical (unpaired) electrons. The van der Waals surface area contributed by atoms with E-state index in [4.69, 9.17) is 9.47 Å². The van der Waals surface area contributed by atoms with E-state index in [1.807, 2.05) is 0 Å². The van der Waals surface area contributed by atoms with Crippen molar-refractivity contribution in [2.24, 2.45) is 17.8 Å². The minimum Gasteiger partial charge on any atom is -0.465 e. The first kappa shape index (κ1) is 25.0. The lowest BCUT2D eigenvalue weighted by atomic mass is 9.86. The molecule has 0 aromatic rings. The van der Waals surface area contributed by atoms with Gasteiger partial charge in [0.05, 0.1) is 25.0 Å². The second-order valence-electron chi connectivity index (χ2n) is 8.65. The van der Waals surface area contributed by atoms with E-state index in [0.717, 1.165) is 51.4 Å². The SMILES string of the molecule is CCCCCCCOC(=O)C1CCCC(C)CC1C(=O)OCCCCCCC. The van der Waals surface area contributed by atoms with Gasteiger partial charge < -0.3 is 9.47 Å². The van der Waals surface area contributed by atoms with Gasteiger partial charge in [-0.05, 0) is 31.6 Å². The highest BCUT2D eigenvalue weighted by Crippen LogP contribution is 2.34. The highest BCUT2D eigenvalue weighted by Gasteiger charge is 2.38. The lowest BCUT2D eigenvalue weighted by Gasteiger charge is -2.23. The first-order valence-electron chi connectivity index (χ1n) is 11.9. The molecule has 4 nitrogen and oxygen atoms in total. The minimum atomic E-state index is -0.333. The summed E-state index contributed by atoms with van der Waals surface area (Å²) < 4.78 is 11.1. The Hall–Kier alpha value is -1.06. The third-order valence-electron chi connectivity index (χ3n) is 5.94. The van der Waals surface area contributed by atoms with Crippen molar-refractivity contribution in [3.05, 3.63) is 0 Å². The Kier molecular flexibility index (Phi) is 14.1. The molecule has 0 N–H and O–H groups in total. The summed E-state index contributed by atoms with van der Waals surface area (Å²) in [6, 6.07) is 0. The summed E-state index contributed by atoms with van der Waals surface area (Å²) in [5.41, 5.74) is 0. The third kappa shape index (κ3) is 10.5. The molecular formula is C24H44O4. The van der Waals surface area contributed by atoms with Gasteiger partial charge >= 0.3 is 11.9 Å². The number of hydrogen-bond donors (Lipinski definition) is 0. The van der Waals surface area contributed by atoms with Crippen molar-refractivity contribution in [3.63, 3.8) is 0 Å². The number of carbonyl (C=O) groups excluding carboxylic acids is 2. The van der Waals surface area contributed by atoms with Gasteiger partial charge in [-0.1, -0.05) is 85.0 Å². The van der Waals surface area contributed by atoms with Gasteiger partial charge in [0.25, 0.3) is 0 Å². The maximum Gasteiger partial charge on any atom is 0.309 e. The molecule has 3 unspecified atom stereocenters. The number of rotatable bonds is 14. The van der Waals surface area contributed by atoms with E-state index in [-0.39, 0.29) is 23.8 Å². The molecule has 0 heterocycles. The largest absolute Gasteiger partial charge is 0.465 e. The molecule has 0 spiro atoms. The number of carbonyl (C=O) groups is 2. The van der Waals surface area contributed by atoms with Gasteiger partial charge in [0.1, 0.15) is 0 Å². The van der Waals surface area contributed by atoms with Crippen molar-refractivity contribution in [2.75, 3.05) is 13.2 Å². The quantitative estimate of drug-likeness (QED) is 0.192. The van der Waals surface area contributed by atoms with Crippen LogP contribution in [0.3, 0.4) is 0 Å². The second kappa shape index (κ2) is 15.8. The van der Waals surface area contributed by atoms with E-state index in [1.54, 1.807) is 0 Å². The second-order valence-corrected chi connectivity index (χ2v) is 8.65. The Morgan fingerprint density at radius 1 is 0.714 bits per heavy atom. The van der Waals surface area contributed by atoms with Crippen LogP contribution in [0.2, 0.25) is 0 Å². The van der Waals surface area contributed by atoms with E-state index < -0.39 is 0 Å². The zero-order valence-corrected chi connectivity index (χ0v) is 18.7. The van der Waals surface area contributed by atoms with Gasteiger partial charge in [-0.25, -0.2) is 0 Å². The third-order valence-corrected chi connectivity index (χ3v) is 5.94. The fourth-order valence-corrected chi connectivity index (χ4v) is 4.12. The highest BCUT2D eigenvalue weighted by atomic mass is 16.5. The van der Waals surface area contributed by atoms with E-state index >= 15 is 0 Å². The molecular weight excluding hydrogens is 352 g/mol. The van der Waals surface area contributed by atoms with Crippen LogP contribution in [0.5, 0.6) is 0 Å². The average Bonchev–Trinajstić information content (AvgIpc) is 2.88. The maximum atomic E-state index is 12.7. The number of unbranched alkanes of at least 4 members (excludes halogenated alkanes) is 8. The molecule has 0 saturated heterocycles. The molecule has 0 aromatic carbocycles. The summed E-state index contributed by atoms with van der Waals surface area (Å²) in [6.07, 6.45) is 14.9. The van der Waals surface area contributed by atoms with Crippen molar-refractivity contribution < 1.29 is 19.1 Å². The molecule has 3 atom stereocenters. The first-order chi connectivity index (χ1) is 13.6. The van der Waals surface area contributed by atoms with Gasteiger partial charge in [-0.3, -0.25) is 9.59 Å². The summed E-state index contributed by atoms with van der Waals surface area (Å²) in [5, 5.41) is 0. The van der Waals surface area contributed by atoms with E-state index in [9.17, 15) is 9.59 Å². The van der Waals surface area contributed by atoms with Gasteiger partial charge in [0.15, 0.2) is 0 Å². The number of hydrogen-bond acceptors (Lipinski definition) is 4. The fourth-order valence-electron chi connectivity index (χ4n) is 4.12. The van der Waals surface area contributed by atoms with E-state index in [1.165, 1.54) is 38.5 Å². The van der Waals surface area contributed by atoms with Crippen molar-refractivity contribution >= 4 is 11.9 Å². The average molecular weight is 397 g/mol. The van der Waals surface area contributed by atoms with Crippen LogP contribution in [-0.2, 0) is 19.1 Å². The molecule has 28 heavy (non-hydrogen) atoms. The van der Waals surface area contributed by atoms with E-state index in [2.05, 4.69) is 20.8 Å². The first-order valence-corrected chi connectivity index (χ1v) is 11.9.